The highest BCUT2D eigenvalue weighted by molar-refractivity contribution is 7.88. The Balaban J connectivity index is 2.08. The lowest BCUT2D eigenvalue weighted by Gasteiger charge is -2.26. The fraction of sp³-hybridized carbons (Fsp3) is 0.500. The molecule has 0 atom stereocenters. The summed E-state index contributed by atoms with van der Waals surface area (Å²) in [5.74, 6) is 0.0247. The monoisotopic (exact) mass is 254 g/mol. The van der Waals surface area contributed by atoms with Crippen molar-refractivity contribution in [2.24, 2.45) is 5.73 Å². The van der Waals surface area contributed by atoms with Crippen molar-refractivity contribution in [2.45, 2.75) is 37.6 Å². The zero-order valence-corrected chi connectivity index (χ0v) is 10.5. The number of rotatable bonds is 5. The molecule has 0 spiro atoms. The first-order valence-electron chi connectivity index (χ1n) is 5.87. The maximum atomic E-state index is 11.9. The van der Waals surface area contributed by atoms with Gasteiger partial charge in [0.2, 0.25) is 10.0 Å². The maximum absolute atomic E-state index is 11.9. The summed E-state index contributed by atoms with van der Waals surface area (Å²) in [7, 11) is -3.23. The van der Waals surface area contributed by atoms with Gasteiger partial charge in [-0.2, -0.15) is 0 Å². The highest BCUT2D eigenvalue weighted by Gasteiger charge is 2.23. The van der Waals surface area contributed by atoms with E-state index in [9.17, 15) is 8.42 Å². The zero-order valence-electron chi connectivity index (χ0n) is 9.72. The molecule has 1 aliphatic rings. The minimum atomic E-state index is -3.23. The van der Waals surface area contributed by atoms with Crippen LogP contribution in [-0.4, -0.2) is 14.5 Å². The van der Waals surface area contributed by atoms with Crippen LogP contribution in [0, 0.1) is 0 Å². The van der Waals surface area contributed by atoms with E-state index in [4.69, 9.17) is 5.73 Å². The minimum Gasteiger partial charge on any atom is -0.326 e. The smallest absolute Gasteiger partial charge is 0.216 e. The van der Waals surface area contributed by atoms with Gasteiger partial charge in [-0.1, -0.05) is 30.7 Å². The van der Waals surface area contributed by atoms with E-state index < -0.39 is 10.0 Å². The summed E-state index contributed by atoms with van der Waals surface area (Å²) in [6.07, 6.45) is 3.03. The molecule has 2 rings (SSSR count). The molecule has 5 heteroatoms. The van der Waals surface area contributed by atoms with Crippen molar-refractivity contribution in [3.63, 3.8) is 0 Å². The number of nitrogens with two attached hydrogens (primary N) is 1. The summed E-state index contributed by atoms with van der Waals surface area (Å²) < 4.78 is 26.6. The van der Waals surface area contributed by atoms with Crippen molar-refractivity contribution in [3.8, 4) is 0 Å². The van der Waals surface area contributed by atoms with E-state index in [0.29, 0.717) is 6.54 Å². The van der Waals surface area contributed by atoms with Crippen molar-refractivity contribution < 1.29 is 8.42 Å². The first-order valence-corrected chi connectivity index (χ1v) is 7.53. The van der Waals surface area contributed by atoms with Crippen molar-refractivity contribution >= 4 is 10.0 Å². The Bertz CT molecular complexity index is 481. The highest BCUT2D eigenvalue weighted by Crippen LogP contribution is 2.20. The SMILES string of the molecule is NCc1ccccc1CS(=O)(=O)NC1CCC1. The minimum absolute atomic E-state index is 0.0247. The number of sulfonamides is 1. The van der Waals surface area contributed by atoms with Gasteiger partial charge in [0.05, 0.1) is 5.75 Å². The molecule has 0 heterocycles. The van der Waals surface area contributed by atoms with E-state index in [-0.39, 0.29) is 11.8 Å². The van der Waals surface area contributed by atoms with Crippen LogP contribution in [0.1, 0.15) is 30.4 Å². The average molecular weight is 254 g/mol. The van der Waals surface area contributed by atoms with E-state index in [1.54, 1.807) is 0 Å². The van der Waals surface area contributed by atoms with Gasteiger partial charge >= 0.3 is 0 Å². The summed E-state index contributed by atoms with van der Waals surface area (Å²) in [5.41, 5.74) is 7.28. The first kappa shape index (κ1) is 12.5. The van der Waals surface area contributed by atoms with E-state index in [2.05, 4.69) is 4.72 Å². The Morgan fingerprint density at radius 2 is 1.88 bits per heavy atom. The molecule has 1 aromatic rings. The van der Waals surface area contributed by atoms with Gasteiger partial charge in [0.1, 0.15) is 0 Å². The highest BCUT2D eigenvalue weighted by atomic mass is 32.2. The Morgan fingerprint density at radius 3 is 2.41 bits per heavy atom. The van der Waals surface area contributed by atoms with Crippen LogP contribution in [0.25, 0.3) is 0 Å². The number of hydrogen-bond donors (Lipinski definition) is 2. The lowest BCUT2D eigenvalue weighted by molar-refractivity contribution is 0.383. The molecule has 1 fully saturated rings. The lowest BCUT2D eigenvalue weighted by atomic mass is 9.94. The van der Waals surface area contributed by atoms with Crippen LogP contribution in [0.5, 0.6) is 0 Å². The van der Waals surface area contributed by atoms with Crippen LogP contribution in [0.2, 0.25) is 0 Å². The van der Waals surface area contributed by atoms with Crippen LogP contribution in [0.15, 0.2) is 24.3 Å². The third-order valence-corrected chi connectivity index (χ3v) is 4.52. The molecule has 1 aromatic carbocycles. The molecule has 4 nitrogen and oxygen atoms in total. The van der Waals surface area contributed by atoms with Gasteiger partial charge in [-0.15, -0.1) is 0 Å². The number of benzene rings is 1. The Morgan fingerprint density at radius 1 is 1.24 bits per heavy atom. The molecule has 0 saturated heterocycles. The molecule has 94 valence electrons. The summed E-state index contributed by atoms with van der Waals surface area (Å²) in [6, 6.07) is 7.55. The molecule has 1 aliphatic carbocycles. The van der Waals surface area contributed by atoms with Crippen LogP contribution >= 0.6 is 0 Å². The second-order valence-corrected chi connectivity index (χ2v) is 6.23. The molecule has 0 aromatic heterocycles. The Hall–Kier alpha value is -0.910. The largest absolute Gasteiger partial charge is 0.326 e. The lowest BCUT2D eigenvalue weighted by Crippen LogP contribution is -2.40. The standard InChI is InChI=1S/C12H18N2O2S/c13-8-10-4-1-2-5-11(10)9-17(15,16)14-12-6-3-7-12/h1-2,4-5,12,14H,3,6-9,13H2. The molecule has 1 saturated carbocycles. The van der Waals surface area contributed by atoms with Crippen LogP contribution in [0.3, 0.4) is 0 Å². The van der Waals surface area contributed by atoms with Gasteiger partial charge in [-0.3, -0.25) is 0 Å². The van der Waals surface area contributed by atoms with Crippen molar-refractivity contribution in [3.05, 3.63) is 35.4 Å². The van der Waals surface area contributed by atoms with Crippen LogP contribution < -0.4 is 10.5 Å². The summed E-state index contributed by atoms with van der Waals surface area (Å²) >= 11 is 0. The molecule has 0 radical (unpaired) electrons. The van der Waals surface area contributed by atoms with Gasteiger partial charge < -0.3 is 5.73 Å². The van der Waals surface area contributed by atoms with Crippen LogP contribution in [0.4, 0.5) is 0 Å². The second kappa shape index (κ2) is 5.16. The topological polar surface area (TPSA) is 72.2 Å². The fourth-order valence-electron chi connectivity index (χ4n) is 1.92. The van der Waals surface area contributed by atoms with Crippen molar-refractivity contribution in [1.29, 1.82) is 0 Å². The summed E-state index contributed by atoms with van der Waals surface area (Å²) in [6.45, 7) is 0.370. The average Bonchev–Trinajstić information content (AvgIpc) is 2.24. The molecular formula is C12H18N2O2S. The van der Waals surface area contributed by atoms with E-state index in [1.165, 1.54) is 0 Å². The third-order valence-electron chi connectivity index (χ3n) is 3.14. The van der Waals surface area contributed by atoms with Gasteiger partial charge in [0.15, 0.2) is 0 Å². The quantitative estimate of drug-likeness (QED) is 0.827. The van der Waals surface area contributed by atoms with E-state index in [1.807, 2.05) is 24.3 Å². The van der Waals surface area contributed by atoms with Gasteiger partial charge in [-0.25, -0.2) is 13.1 Å². The third kappa shape index (κ3) is 3.28. The first-order chi connectivity index (χ1) is 8.11. The number of nitrogens with one attached hydrogen (secondary N) is 1. The van der Waals surface area contributed by atoms with Crippen molar-refractivity contribution in [1.82, 2.24) is 4.72 Å². The summed E-state index contributed by atoms with van der Waals surface area (Å²) in [5, 5.41) is 0. The predicted molar refractivity (Wildman–Crippen MR) is 67.7 cm³/mol. The molecule has 0 bridgehead atoms. The zero-order chi connectivity index (χ0) is 12.3. The second-order valence-electron chi connectivity index (χ2n) is 4.48. The van der Waals surface area contributed by atoms with Gasteiger partial charge in [-0.05, 0) is 24.0 Å². The summed E-state index contributed by atoms with van der Waals surface area (Å²) in [4.78, 5) is 0. The van der Waals surface area contributed by atoms with E-state index >= 15 is 0 Å². The molecule has 3 N–H and O–H groups in total. The molecule has 0 amide bonds. The molecule has 0 aliphatic heterocycles. The Labute approximate surface area is 102 Å². The normalized spacial score (nSPS) is 16.8. The fourth-order valence-corrected chi connectivity index (χ4v) is 3.44. The Kier molecular flexibility index (Phi) is 3.81. The van der Waals surface area contributed by atoms with Gasteiger partial charge in [0, 0.05) is 12.6 Å². The number of hydrogen-bond acceptors (Lipinski definition) is 3. The van der Waals surface area contributed by atoms with E-state index in [0.717, 1.165) is 30.4 Å². The van der Waals surface area contributed by atoms with Crippen LogP contribution in [-0.2, 0) is 22.3 Å². The molecule has 17 heavy (non-hydrogen) atoms. The molecule has 0 unspecified atom stereocenters. The van der Waals surface area contributed by atoms with Crippen molar-refractivity contribution in [2.75, 3.05) is 0 Å². The maximum Gasteiger partial charge on any atom is 0.216 e. The van der Waals surface area contributed by atoms with Gasteiger partial charge in [0.25, 0.3) is 0 Å². The molecular weight excluding hydrogens is 236 g/mol. The predicted octanol–water partition coefficient (Wildman–Crippen LogP) is 1.12.